The molecule has 3 fully saturated rings. The number of halogens is 1. The van der Waals surface area contributed by atoms with Crippen LogP contribution in [-0.2, 0) is 16.1 Å². The van der Waals surface area contributed by atoms with Crippen molar-refractivity contribution in [3.05, 3.63) is 102 Å². The lowest BCUT2D eigenvalue weighted by Crippen LogP contribution is -3.00. The van der Waals surface area contributed by atoms with Gasteiger partial charge in [0.25, 0.3) is 5.89 Å². The van der Waals surface area contributed by atoms with Gasteiger partial charge in [-0.3, -0.25) is 0 Å². The second kappa shape index (κ2) is 11.4. The van der Waals surface area contributed by atoms with Crippen molar-refractivity contribution in [2.24, 2.45) is 5.92 Å². The molecule has 0 saturated carbocycles. The molecule has 1 aromatic heterocycles. The fourth-order valence-electron chi connectivity index (χ4n) is 5.72. The smallest absolute Gasteiger partial charge is 0.333 e. The van der Waals surface area contributed by atoms with Crippen LogP contribution in [0, 0.1) is 5.92 Å². The number of carbonyl (C=O) groups excluding carboxylic acids is 1. The Morgan fingerprint density at radius 1 is 0.921 bits per heavy atom. The van der Waals surface area contributed by atoms with Crippen LogP contribution in [0.3, 0.4) is 0 Å². The van der Waals surface area contributed by atoms with Crippen molar-refractivity contribution in [3.63, 3.8) is 0 Å². The monoisotopic (exact) mass is 530 g/mol. The first kappa shape index (κ1) is 25.9. The summed E-state index contributed by atoms with van der Waals surface area (Å²) in [6.07, 6.45) is 1.93. The van der Waals surface area contributed by atoms with Gasteiger partial charge in [-0.05, 0) is 29.8 Å². The van der Waals surface area contributed by atoms with Crippen molar-refractivity contribution in [2.75, 3.05) is 25.0 Å². The average Bonchev–Trinajstić information content (AvgIpc) is 3.41. The number of hydrogen-bond donors (Lipinski definition) is 1. The van der Waals surface area contributed by atoms with Gasteiger partial charge >= 0.3 is 5.97 Å². The van der Waals surface area contributed by atoms with E-state index < -0.39 is 6.04 Å². The zero-order valence-electron chi connectivity index (χ0n) is 21.1. The quantitative estimate of drug-likeness (QED) is 0.278. The number of hydrogen-bond acceptors (Lipinski definition) is 6. The number of para-hydroxylation sites is 1. The maximum atomic E-state index is 13.6. The number of nitrogens with zero attached hydrogens (tertiary/aromatic N) is 3. The number of quaternary nitrogens is 1. The minimum absolute atomic E-state index is 0. The molecule has 4 aromatic rings. The lowest BCUT2D eigenvalue weighted by molar-refractivity contribution is -0.959. The van der Waals surface area contributed by atoms with E-state index in [4.69, 9.17) is 9.15 Å². The molecule has 7 rings (SSSR count). The fraction of sp³-hybridized carbons (Fsp3) is 0.300. The Morgan fingerprint density at radius 3 is 2.24 bits per heavy atom. The van der Waals surface area contributed by atoms with E-state index in [2.05, 4.69) is 15.5 Å². The third kappa shape index (κ3) is 5.59. The maximum absolute atomic E-state index is 13.6. The first-order chi connectivity index (χ1) is 18.2. The van der Waals surface area contributed by atoms with Gasteiger partial charge in [-0.25, -0.2) is 4.79 Å². The van der Waals surface area contributed by atoms with Crippen molar-refractivity contribution in [2.45, 2.75) is 31.5 Å². The molecule has 0 aliphatic carbocycles. The molecule has 0 radical (unpaired) electrons. The molecule has 3 saturated heterocycles. The van der Waals surface area contributed by atoms with Gasteiger partial charge in [-0.1, -0.05) is 66.7 Å². The number of fused-ring (bicyclic) bond motifs is 3. The van der Waals surface area contributed by atoms with Crippen molar-refractivity contribution in [1.82, 2.24) is 10.2 Å². The number of rotatable bonds is 8. The van der Waals surface area contributed by atoms with Crippen LogP contribution in [-0.4, -0.2) is 46.4 Å². The zero-order chi connectivity index (χ0) is 25.1. The number of piperidine rings is 3. The van der Waals surface area contributed by atoms with Crippen LogP contribution in [0.15, 0.2) is 95.4 Å². The van der Waals surface area contributed by atoms with E-state index in [1.165, 1.54) is 0 Å². The summed E-state index contributed by atoms with van der Waals surface area (Å²) in [5, 5.41) is 12.0. The van der Waals surface area contributed by atoms with E-state index in [0.29, 0.717) is 24.2 Å². The van der Waals surface area contributed by atoms with E-state index in [0.717, 1.165) is 53.8 Å². The Hall–Kier alpha value is -3.68. The van der Waals surface area contributed by atoms with Crippen LogP contribution in [0.1, 0.15) is 30.3 Å². The molecule has 3 aromatic carbocycles. The van der Waals surface area contributed by atoms with E-state index in [-0.39, 0.29) is 24.5 Å². The predicted molar refractivity (Wildman–Crippen MR) is 140 cm³/mol. The highest BCUT2D eigenvalue weighted by Crippen LogP contribution is 2.38. The first-order valence-electron chi connectivity index (χ1n) is 13.0. The maximum Gasteiger partial charge on any atom is 0.333 e. The molecule has 1 N–H and O–H groups in total. The molecule has 0 unspecified atom stereocenters. The van der Waals surface area contributed by atoms with Gasteiger partial charge in [0, 0.05) is 30.0 Å². The van der Waals surface area contributed by atoms with Crippen LogP contribution >= 0.6 is 0 Å². The normalized spacial score (nSPS) is 22.7. The number of carbonyl (C=O) groups is 1. The molecule has 2 bridgehead atoms. The third-order valence-corrected chi connectivity index (χ3v) is 7.72. The van der Waals surface area contributed by atoms with Crippen LogP contribution in [0.4, 0.5) is 5.69 Å². The third-order valence-electron chi connectivity index (χ3n) is 7.72. The highest BCUT2D eigenvalue weighted by atomic mass is 35.5. The van der Waals surface area contributed by atoms with Gasteiger partial charge in [-0.2, -0.15) is 0 Å². The Balaban J connectivity index is 0.00000294. The highest BCUT2D eigenvalue weighted by Gasteiger charge is 2.49. The second-order valence-corrected chi connectivity index (χ2v) is 10.2. The van der Waals surface area contributed by atoms with Crippen molar-refractivity contribution in [3.8, 4) is 11.5 Å². The number of ether oxygens (including phenoxy) is 1. The summed E-state index contributed by atoms with van der Waals surface area (Å²) in [5.74, 6) is 1.33. The minimum atomic E-state index is -0.572. The first-order valence-corrected chi connectivity index (χ1v) is 13.0. The molecule has 8 heteroatoms. The summed E-state index contributed by atoms with van der Waals surface area (Å²) in [6.45, 7) is 3.50. The van der Waals surface area contributed by atoms with E-state index >= 15 is 0 Å². The Bertz CT molecular complexity index is 1330. The number of esters is 1. The van der Waals surface area contributed by atoms with Gasteiger partial charge < -0.3 is 31.4 Å². The number of nitrogens with one attached hydrogen (secondary N) is 1. The van der Waals surface area contributed by atoms with Gasteiger partial charge in [-0.15, -0.1) is 10.2 Å². The highest BCUT2D eigenvalue weighted by molar-refractivity contribution is 5.81. The second-order valence-electron chi connectivity index (χ2n) is 10.2. The molecular weight excluding hydrogens is 500 g/mol. The summed E-state index contributed by atoms with van der Waals surface area (Å²) in [5.41, 5.74) is 2.69. The largest absolute Gasteiger partial charge is 1.00 e. The topological polar surface area (TPSA) is 77.2 Å². The van der Waals surface area contributed by atoms with Crippen LogP contribution in [0.25, 0.3) is 11.5 Å². The lowest BCUT2D eigenvalue weighted by Gasteiger charge is -2.51. The summed E-state index contributed by atoms with van der Waals surface area (Å²) < 4.78 is 13.1. The molecule has 3 aliphatic rings. The molecule has 0 amide bonds. The molecular formula is C30H31ClN4O3. The summed E-state index contributed by atoms with van der Waals surface area (Å²) in [6, 6.07) is 28.8. The van der Waals surface area contributed by atoms with E-state index in [1.807, 2.05) is 91.0 Å². The Labute approximate surface area is 228 Å². The van der Waals surface area contributed by atoms with Crippen molar-refractivity contribution in [1.29, 1.82) is 0 Å². The number of anilines is 1. The molecule has 3 aliphatic heterocycles. The lowest BCUT2D eigenvalue weighted by atomic mass is 9.83. The Morgan fingerprint density at radius 2 is 1.55 bits per heavy atom. The van der Waals surface area contributed by atoms with Crippen LogP contribution < -0.4 is 17.7 Å². The number of aromatic nitrogens is 2. The molecule has 2 atom stereocenters. The van der Waals surface area contributed by atoms with E-state index in [9.17, 15) is 4.79 Å². The van der Waals surface area contributed by atoms with Crippen molar-refractivity contribution >= 4 is 11.7 Å². The molecule has 4 heterocycles. The molecule has 0 spiro atoms. The fourth-order valence-corrected chi connectivity index (χ4v) is 5.72. The van der Waals surface area contributed by atoms with Gasteiger partial charge in [0.15, 0.2) is 18.7 Å². The SMILES string of the molecule is O=C(O[C@H]1C[N+]2(Cc3nnc(-c4ccccc4)o3)CCC1CC2)[C@H](Nc1ccccc1)c1ccccc1.[Cl-]. The minimum Gasteiger partial charge on any atom is -1.00 e. The van der Waals surface area contributed by atoms with E-state index in [1.54, 1.807) is 0 Å². The zero-order valence-corrected chi connectivity index (χ0v) is 21.8. The molecule has 38 heavy (non-hydrogen) atoms. The summed E-state index contributed by atoms with van der Waals surface area (Å²) in [4.78, 5) is 13.6. The summed E-state index contributed by atoms with van der Waals surface area (Å²) in [7, 11) is 0. The number of benzene rings is 3. The van der Waals surface area contributed by atoms with Crippen LogP contribution in [0.2, 0.25) is 0 Å². The summed E-state index contributed by atoms with van der Waals surface area (Å²) >= 11 is 0. The van der Waals surface area contributed by atoms with Gasteiger partial charge in [0.1, 0.15) is 6.54 Å². The molecule has 196 valence electrons. The standard InChI is InChI=1S/C30H31N4O3.ClH/c35-30(28(23-10-4-1-5-11-23)31-25-14-8-3-9-15-25)36-26-20-34(18-16-22(26)17-19-34)21-27-32-33-29(37-27)24-12-6-2-7-13-24;/h1-15,22,26,28,31H,16-21H2;1H/q+1;/p-1/t22?,26-,28+,34?;/m0./s1. The van der Waals surface area contributed by atoms with Gasteiger partial charge in [0.05, 0.1) is 13.1 Å². The van der Waals surface area contributed by atoms with Crippen molar-refractivity contribution < 1.29 is 30.8 Å². The predicted octanol–water partition coefficient (Wildman–Crippen LogP) is 2.25. The van der Waals surface area contributed by atoms with Gasteiger partial charge in [0.2, 0.25) is 5.89 Å². The molecule has 7 nitrogen and oxygen atoms in total. The average molecular weight is 531 g/mol. The van der Waals surface area contributed by atoms with Crippen LogP contribution in [0.5, 0.6) is 0 Å². The Kier molecular flexibility index (Phi) is 7.77.